The maximum atomic E-state index is 8.90. The fraction of sp³-hybridized carbons (Fsp3) is 0.846. The lowest BCUT2D eigenvalue weighted by Gasteiger charge is -2.27. The monoisotopic (exact) mass is 237 g/mol. The molecule has 1 N–H and O–H groups in total. The van der Waals surface area contributed by atoms with Crippen LogP contribution in [0.3, 0.4) is 0 Å². The van der Waals surface area contributed by atoms with Crippen molar-refractivity contribution in [3.8, 4) is 6.07 Å². The van der Waals surface area contributed by atoms with Gasteiger partial charge < -0.3 is 10.1 Å². The minimum atomic E-state index is -0.182. The topological polar surface area (TPSA) is 59.6 Å². The summed E-state index contributed by atoms with van der Waals surface area (Å²) in [6, 6.07) is 2.34. The van der Waals surface area contributed by atoms with Crippen molar-refractivity contribution in [2.75, 3.05) is 19.6 Å². The zero-order valence-corrected chi connectivity index (χ0v) is 10.9. The summed E-state index contributed by atoms with van der Waals surface area (Å²) in [5.74, 6) is 0. The van der Waals surface area contributed by atoms with Gasteiger partial charge in [-0.05, 0) is 33.2 Å². The van der Waals surface area contributed by atoms with E-state index in [1.54, 1.807) is 0 Å². The maximum Gasteiger partial charge on any atom is 0.0683 e. The van der Waals surface area contributed by atoms with Crippen molar-refractivity contribution in [3.05, 3.63) is 0 Å². The van der Waals surface area contributed by atoms with E-state index in [4.69, 9.17) is 10.5 Å². The van der Waals surface area contributed by atoms with Crippen LogP contribution in [0.5, 0.6) is 0 Å². The van der Waals surface area contributed by atoms with Crippen LogP contribution < -0.4 is 0 Å². The number of piperidine rings is 1. The van der Waals surface area contributed by atoms with Crippen molar-refractivity contribution in [2.45, 2.75) is 46.0 Å². The molecule has 1 heterocycles. The molecule has 1 saturated heterocycles. The summed E-state index contributed by atoms with van der Waals surface area (Å²) in [7, 11) is 0. The normalized spacial score (nSPS) is 17.8. The smallest absolute Gasteiger partial charge is 0.0683 e. The zero-order chi connectivity index (χ0) is 12.7. The molecule has 0 bridgehead atoms. The molecule has 17 heavy (non-hydrogen) atoms. The van der Waals surface area contributed by atoms with Gasteiger partial charge in [0.2, 0.25) is 0 Å². The van der Waals surface area contributed by atoms with Crippen LogP contribution in [0.2, 0.25) is 0 Å². The summed E-state index contributed by atoms with van der Waals surface area (Å²) in [5.41, 5.74) is 0.741. The Morgan fingerprint density at radius 3 is 2.53 bits per heavy atom. The van der Waals surface area contributed by atoms with Crippen LogP contribution in [0.4, 0.5) is 0 Å². The van der Waals surface area contributed by atoms with Gasteiger partial charge in [0, 0.05) is 25.9 Å². The number of likely N-dealkylation sites (tertiary alicyclic amines) is 1. The highest BCUT2D eigenvalue weighted by molar-refractivity contribution is 5.84. The van der Waals surface area contributed by atoms with Gasteiger partial charge in [0.15, 0.2) is 0 Å². The third-order valence-electron chi connectivity index (χ3n) is 3.40. The summed E-state index contributed by atoms with van der Waals surface area (Å²) in [6.07, 6.45) is 5.01. The van der Waals surface area contributed by atoms with E-state index in [2.05, 4.69) is 16.1 Å². The minimum absolute atomic E-state index is 0.182. The van der Waals surface area contributed by atoms with Crippen molar-refractivity contribution in [1.29, 1.82) is 5.26 Å². The molecule has 0 amide bonds. The van der Waals surface area contributed by atoms with Gasteiger partial charge in [-0.2, -0.15) is 5.26 Å². The molecule has 0 radical (unpaired) electrons. The molecule has 0 unspecified atom stereocenters. The second-order valence-electron chi connectivity index (χ2n) is 5.46. The Morgan fingerprint density at radius 1 is 1.35 bits per heavy atom. The minimum Gasteiger partial charge on any atom is -0.411 e. The zero-order valence-electron chi connectivity index (χ0n) is 10.9. The van der Waals surface area contributed by atoms with Crippen LogP contribution in [0.15, 0.2) is 5.16 Å². The summed E-state index contributed by atoms with van der Waals surface area (Å²) in [4.78, 5) is 2.41. The van der Waals surface area contributed by atoms with E-state index in [1.807, 2.05) is 13.8 Å². The van der Waals surface area contributed by atoms with Gasteiger partial charge in [-0.25, -0.2) is 0 Å². The molecule has 1 fully saturated rings. The lowest BCUT2D eigenvalue weighted by molar-refractivity contribution is 0.254. The number of nitriles is 1. The predicted octanol–water partition coefficient (Wildman–Crippen LogP) is 2.63. The fourth-order valence-electron chi connectivity index (χ4n) is 2.09. The van der Waals surface area contributed by atoms with Gasteiger partial charge in [0.05, 0.1) is 17.2 Å². The predicted molar refractivity (Wildman–Crippen MR) is 68.1 cm³/mol. The van der Waals surface area contributed by atoms with Crippen LogP contribution in [-0.4, -0.2) is 35.5 Å². The largest absolute Gasteiger partial charge is 0.411 e. The first-order valence-corrected chi connectivity index (χ1v) is 6.41. The van der Waals surface area contributed by atoms with E-state index in [0.29, 0.717) is 0 Å². The lowest BCUT2D eigenvalue weighted by Crippen LogP contribution is -2.34. The third-order valence-corrected chi connectivity index (χ3v) is 3.40. The second kappa shape index (κ2) is 6.61. The highest BCUT2D eigenvalue weighted by Gasteiger charge is 2.17. The third kappa shape index (κ3) is 5.18. The van der Waals surface area contributed by atoms with Gasteiger partial charge >= 0.3 is 0 Å². The van der Waals surface area contributed by atoms with E-state index in [1.165, 1.54) is 0 Å². The van der Waals surface area contributed by atoms with Crippen LogP contribution in [0.1, 0.15) is 46.0 Å². The average molecular weight is 237 g/mol. The van der Waals surface area contributed by atoms with Crippen LogP contribution in [0, 0.1) is 16.7 Å². The first-order valence-electron chi connectivity index (χ1n) is 6.41. The molecule has 0 aromatic rings. The molecule has 0 saturated carbocycles. The summed E-state index contributed by atoms with van der Waals surface area (Å²) >= 11 is 0. The molecule has 4 nitrogen and oxygen atoms in total. The number of nitrogens with zero attached hydrogens (tertiary/aromatic N) is 3. The molecular formula is C13H23N3O. The number of hydrogen-bond donors (Lipinski definition) is 1. The Balaban J connectivity index is 2.11. The Bertz CT molecular complexity index is 294. The van der Waals surface area contributed by atoms with E-state index in [9.17, 15) is 0 Å². The Hall–Kier alpha value is -1.08. The molecule has 1 aliphatic rings. The lowest BCUT2D eigenvalue weighted by atomic mass is 9.89. The van der Waals surface area contributed by atoms with Crippen molar-refractivity contribution in [2.24, 2.45) is 10.6 Å². The van der Waals surface area contributed by atoms with E-state index >= 15 is 0 Å². The molecule has 4 heteroatoms. The molecule has 1 rings (SSSR count). The molecular weight excluding hydrogens is 214 g/mol. The summed E-state index contributed by atoms with van der Waals surface area (Å²) in [6.45, 7) is 7.10. The highest BCUT2D eigenvalue weighted by atomic mass is 16.4. The van der Waals surface area contributed by atoms with Crippen molar-refractivity contribution in [3.63, 3.8) is 0 Å². The molecule has 96 valence electrons. The van der Waals surface area contributed by atoms with Crippen molar-refractivity contribution in [1.82, 2.24) is 4.90 Å². The SMILES string of the molecule is CC(C)(C#N)CCCCN1CCC(=NO)CC1. The van der Waals surface area contributed by atoms with E-state index < -0.39 is 0 Å². The summed E-state index contributed by atoms with van der Waals surface area (Å²) in [5, 5.41) is 20.8. The Kier molecular flexibility index (Phi) is 5.43. The fourth-order valence-corrected chi connectivity index (χ4v) is 2.09. The highest BCUT2D eigenvalue weighted by Crippen LogP contribution is 2.21. The molecule has 0 aromatic heterocycles. The Labute approximate surface area is 104 Å². The van der Waals surface area contributed by atoms with Crippen LogP contribution >= 0.6 is 0 Å². The molecule has 1 aliphatic heterocycles. The van der Waals surface area contributed by atoms with Crippen LogP contribution in [0.25, 0.3) is 0 Å². The number of unbranched alkanes of at least 4 members (excludes halogenated alkanes) is 1. The van der Waals surface area contributed by atoms with Gasteiger partial charge in [0.1, 0.15) is 0 Å². The first-order chi connectivity index (χ1) is 8.07. The molecule has 0 aliphatic carbocycles. The summed E-state index contributed by atoms with van der Waals surface area (Å²) < 4.78 is 0. The maximum absolute atomic E-state index is 8.90. The molecule has 0 aromatic carbocycles. The average Bonchev–Trinajstić information content (AvgIpc) is 2.35. The number of oxime groups is 1. The van der Waals surface area contributed by atoms with Crippen molar-refractivity contribution >= 4 is 5.71 Å². The second-order valence-corrected chi connectivity index (χ2v) is 5.46. The molecule has 0 atom stereocenters. The van der Waals surface area contributed by atoms with Crippen molar-refractivity contribution < 1.29 is 5.21 Å². The van der Waals surface area contributed by atoms with Gasteiger partial charge in [-0.3, -0.25) is 0 Å². The van der Waals surface area contributed by atoms with Gasteiger partial charge in [-0.15, -0.1) is 0 Å². The molecule has 0 spiro atoms. The Morgan fingerprint density at radius 2 is 2.00 bits per heavy atom. The number of hydrogen-bond acceptors (Lipinski definition) is 4. The van der Waals surface area contributed by atoms with Gasteiger partial charge in [0.25, 0.3) is 0 Å². The first kappa shape index (κ1) is 14.0. The van der Waals surface area contributed by atoms with E-state index in [0.717, 1.165) is 57.5 Å². The standard InChI is InChI=1S/C13H23N3O/c1-13(2,11-14)7-3-4-8-16-9-5-12(15-17)6-10-16/h17H,3-10H2,1-2H3. The van der Waals surface area contributed by atoms with Crippen LogP contribution in [-0.2, 0) is 0 Å². The number of rotatable bonds is 5. The van der Waals surface area contributed by atoms with E-state index in [-0.39, 0.29) is 5.41 Å². The quantitative estimate of drug-likeness (QED) is 0.454. The van der Waals surface area contributed by atoms with Gasteiger partial charge in [-0.1, -0.05) is 11.6 Å².